The van der Waals surface area contributed by atoms with Crippen molar-refractivity contribution in [2.75, 3.05) is 13.7 Å². The summed E-state index contributed by atoms with van der Waals surface area (Å²) in [4.78, 5) is 11.2. The topological polar surface area (TPSA) is 85.5 Å². The predicted octanol–water partition coefficient (Wildman–Crippen LogP) is 2.26. The van der Waals surface area contributed by atoms with Crippen LogP contribution in [0.2, 0.25) is 0 Å². The monoisotopic (exact) mass is 276 g/mol. The van der Waals surface area contributed by atoms with Gasteiger partial charge in [-0.2, -0.15) is 0 Å². The fraction of sp³-hybridized carbons (Fsp3) is 0.357. The SMILES string of the molecule is COCC(C)Cc1nnc(-c2ccccc2C(=O)O)o1. The molecule has 2 rings (SSSR count). The highest BCUT2D eigenvalue weighted by Crippen LogP contribution is 2.23. The van der Waals surface area contributed by atoms with Crippen molar-refractivity contribution in [3.05, 3.63) is 35.7 Å². The summed E-state index contributed by atoms with van der Waals surface area (Å²) in [5, 5.41) is 17.0. The molecule has 0 aliphatic rings. The number of ether oxygens (including phenoxy) is 1. The van der Waals surface area contributed by atoms with Crippen molar-refractivity contribution in [3.8, 4) is 11.5 Å². The smallest absolute Gasteiger partial charge is 0.336 e. The number of carboxylic acids is 1. The summed E-state index contributed by atoms with van der Waals surface area (Å²) in [6.07, 6.45) is 0.593. The van der Waals surface area contributed by atoms with Crippen LogP contribution in [0.15, 0.2) is 28.7 Å². The van der Waals surface area contributed by atoms with Gasteiger partial charge in [-0.15, -0.1) is 10.2 Å². The first-order chi connectivity index (χ1) is 9.61. The molecule has 1 N–H and O–H groups in total. The number of rotatable bonds is 6. The fourth-order valence-electron chi connectivity index (χ4n) is 1.94. The minimum Gasteiger partial charge on any atom is -0.478 e. The van der Waals surface area contributed by atoms with Crippen molar-refractivity contribution in [2.24, 2.45) is 5.92 Å². The first kappa shape index (κ1) is 14.2. The summed E-state index contributed by atoms with van der Waals surface area (Å²) >= 11 is 0. The van der Waals surface area contributed by atoms with Crippen LogP contribution in [-0.4, -0.2) is 35.0 Å². The Bertz CT molecular complexity index is 594. The minimum atomic E-state index is -1.02. The van der Waals surface area contributed by atoms with Gasteiger partial charge in [-0.1, -0.05) is 19.1 Å². The summed E-state index contributed by atoms with van der Waals surface area (Å²) in [7, 11) is 1.64. The lowest BCUT2D eigenvalue weighted by molar-refractivity contribution is 0.0697. The van der Waals surface area contributed by atoms with Gasteiger partial charge in [0, 0.05) is 20.1 Å². The summed E-state index contributed by atoms with van der Waals surface area (Å²) in [5.74, 6) is -0.0662. The molecule has 0 radical (unpaired) electrons. The largest absolute Gasteiger partial charge is 0.478 e. The number of carbonyl (C=O) groups is 1. The lowest BCUT2D eigenvalue weighted by Crippen LogP contribution is -2.07. The van der Waals surface area contributed by atoms with Gasteiger partial charge in [0.25, 0.3) is 0 Å². The van der Waals surface area contributed by atoms with Crippen molar-refractivity contribution in [1.29, 1.82) is 0 Å². The number of aromatic nitrogens is 2. The average Bonchev–Trinajstić information content (AvgIpc) is 2.87. The van der Waals surface area contributed by atoms with Crippen LogP contribution < -0.4 is 0 Å². The van der Waals surface area contributed by atoms with E-state index in [4.69, 9.17) is 14.3 Å². The Kier molecular flexibility index (Phi) is 4.47. The molecule has 1 heterocycles. The highest BCUT2D eigenvalue weighted by Gasteiger charge is 2.17. The van der Waals surface area contributed by atoms with Crippen molar-refractivity contribution >= 4 is 5.97 Å². The molecular formula is C14H16N2O4. The normalized spacial score (nSPS) is 12.3. The van der Waals surface area contributed by atoms with E-state index in [-0.39, 0.29) is 17.4 Å². The van der Waals surface area contributed by atoms with E-state index in [0.717, 1.165) is 0 Å². The highest BCUT2D eigenvalue weighted by atomic mass is 16.5. The lowest BCUT2D eigenvalue weighted by Gasteiger charge is -2.05. The maximum absolute atomic E-state index is 11.2. The van der Waals surface area contributed by atoms with E-state index < -0.39 is 5.97 Å². The Hall–Kier alpha value is -2.21. The summed E-state index contributed by atoms with van der Waals surface area (Å²) in [6.45, 7) is 2.61. The fourth-order valence-corrected chi connectivity index (χ4v) is 1.94. The van der Waals surface area contributed by atoms with E-state index in [2.05, 4.69) is 10.2 Å². The summed E-state index contributed by atoms with van der Waals surface area (Å²) < 4.78 is 10.6. The van der Waals surface area contributed by atoms with Crippen molar-refractivity contribution in [2.45, 2.75) is 13.3 Å². The van der Waals surface area contributed by atoms with Gasteiger partial charge in [0.15, 0.2) is 0 Å². The van der Waals surface area contributed by atoms with Gasteiger partial charge in [-0.3, -0.25) is 0 Å². The molecule has 0 bridgehead atoms. The first-order valence-electron chi connectivity index (χ1n) is 6.25. The van der Waals surface area contributed by atoms with Gasteiger partial charge in [0.2, 0.25) is 11.8 Å². The Balaban J connectivity index is 2.23. The number of aromatic carboxylic acids is 1. The predicted molar refractivity (Wildman–Crippen MR) is 71.4 cm³/mol. The molecule has 0 fully saturated rings. The first-order valence-corrected chi connectivity index (χ1v) is 6.25. The van der Waals surface area contributed by atoms with Crippen LogP contribution >= 0.6 is 0 Å². The average molecular weight is 276 g/mol. The molecule has 2 aromatic rings. The molecule has 1 aromatic carbocycles. The standard InChI is InChI=1S/C14H16N2O4/c1-9(8-19-2)7-12-15-16-13(20-12)10-5-3-4-6-11(10)14(17)18/h3-6,9H,7-8H2,1-2H3,(H,17,18). The Labute approximate surface area is 116 Å². The molecule has 1 atom stereocenters. The van der Waals surface area contributed by atoms with E-state index in [1.165, 1.54) is 6.07 Å². The number of methoxy groups -OCH3 is 1. The molecule has 0 aliphatic carbocycles. The van der Waals surface area contributed by atoms with Gasteiger partial charge in [-0.25, -0.2) is 4.79 Å². The number of carboxylic acid groups (broad SMARTS) is 1. The van der Waals surface area contributed by atoms with Gasteiger partial charge < -0.3 is 14.3 Å². The third-order valence-corrected chi connectivity index (χ3v) is 2.83. The second-order valence-corrected chi connectivity index (χ2v) is 4.62. The van der Waals surface area contributed by atoms with Crippen LogP contribution in [0.25, 0.3) is 11.5 Å². The van der Waals surface area contributed by atoms with E-state index in [1.807, 2.05) is 6.92 Å². The maximum Gasteiger partial charge on any atom is 0.336 e. The van der Waals surface area contributed by atoms with Gasteiger partial charge >= 0.3 is 5.97 Å². The van der Waals surface area contributed by atoms with Crippen molar-refractivity contribution in [3.63, 3.8) is 0 Å². The quantitative estimate of drug-likeness (QED) is 0.871. The second kappa shape index (κ2) is 6.29. The van der Waals surface area contributed by atoms with Crippen LogP contribution in [0.5, 0.6) is 0 Å². The molecular weight excluding hydrogens is 260 g/mol. The molecule has 6 heteroatoms. The molecule has 6 nitrogen and oxygen atoms in total. The van der Waals surface area contributed by atoms with Crippen LogP contribution in [0.4, 0.5) is 0 Å². The van der Waals surface area contributed by atoms with E-state index in [1.54, 1.807) is 25.3 Å². The van der Waals surface area contributed by atoms with Crippen LogP contribution in [0.3, 0.4) is 0 Å². The highest BCUT2D eigenvalue weighted by molar-refractivity contribution is 5.94. The molecule has 0 saturated heterocycles. The molecule has 1 aromatic heterocycles. The number of hydrogen-bond acceptors (Lipinski definition) is 5. The molecule has 0 spiro atoms. The number of benzene rings is 1. The van der Waals surface area contributed by atoms with Crippen LogP contribution in [-0.2, 0) is 11.2 Å². The molecule has 106 valence electrons. The second-order valence-electron chi connectivity index (χ2n) is 4.62. The third-order valence-electron chi connectivity index (χ3n) is 2.83. The van der Waals surface area contributed by atoms with Crippen molar-refractivity contribution in [1.82, 2.24) is 10.2 Å². The zero-order valence-electron chi connectivity index (χ0n) is 11.4. The number of nitrogens with zero attached hydrogens (tertiary/aromatic N) is 2. The van der Waals surface area contributed by atoms with E-state index in [9.17, 15) is 4.79 Å². The van der Waals surface area contributed by atoms with E-state index in [0.29, 0.717) is 24.5 Å². The van der Waals surface area contributed by atoms with E-state index >= 15 is 0 Å². The number of hydrogen-bond donors (Lipinski definition) is 1. The van der Waals surface area contributed by atoms with Gasteiger partial charge in [-0.05, 0) is 18.1 Å². The Morgan fingerprint density at radius 3 is 2.85 bits per heavy atom. The van der Waals surface area contributed by atoms with Gasteiger partial charge in [0.05, 0.1) is 11.1 Å². The molecule has 0 saturated carbocycles. The summed E-state index contributed by atoms with van der Waals surface area (Å²) in [5.41, 5.74) is 0.575. The maximum atomic E-state index is 11.2. The minimum absolute atomic E-state index is 0.146. The zero-order valence-corrected chi connectivity index (χ0v) is 11.4. The molecule has 0 aliphatic heterocycles. The zero-order chi connectivity index (χ0) is 14.5. The molecule has 0 amide bonds. The van der Waals surface area contributed by atoms with Crippen LogP contribution in [0.1, 0.15) is 23.2 Å². The van der Waals surface area contributed by atoms with Gasteiger partial charge in [0.1, 0.15) is 0 Å². The summed E-state index contributed by atoms with van der Waals surface area (Å²) in [6, 6.07) is 6.55. The van der Waals surface area contributed by atoms with Crippen molar-refractivity contribution < 1.29 is 19.1 Å². The molecule has 1 unspecified atom stereocenters. The third kappa shape index (κ3) is 3.21. The van der Waals surface area contributed by atoms with Crippen LogP contribution in [0, 0.1) is 5.92 Å². The lowest BCUT2D eigenvalue weighted by atomic mass is 10.1. The molecule has 20 heavy (non-hydrogen) atoms. The Morgan fingerprint density at radius 1 is 1.40 bits per heavy atom. The Morgan fingerprint density at radius 2 is 2.15 bits per heavy atom.